The average Bonchev–Trinajstić information content (AvgIpc) is 3.08. The van der Waals surface area contributed by atoms with Gasteiger partial charge in [0.15, 0.2) is 5.84 Å². The van der Waals surface area contributed by atoms with E-state index in [1.807, 2.05) is 82.3 Å². The Labute approximate surface area is 216 Å². The van der Waals surface area contributed by atoms with Gasteiger partial charge in [0.2, 0.25) is 0 Å². The molecule has 1 aliphatic rings. The first-order valence-electron chi connectivity index (χ1n) is 12.1. The van der Waals surface area contributed by atoms with Crippen molar-refractivity contribution >= 4 is 33.7 Å². The van der Waals surface area contributed by atoms with E-state index in [0.29, 0.717) is 17.0 Å². The van der Waals surface area contributed by atoms with Crippen molar-refractivity contribution in [1.82, 2.24) is 5.06 Å². The molecule has 0 unspecified atom stereocenters. The van der Waals surface area contributed by atoms with Gasteiger partial charge in [-0.3, -0.25) is 10.2 Å². The smallest absolute Gasteiger partial charge is 0.156 e. The summed E-state index contributed by atoms with van der Waals surface area (Å²) >= 11 is 0. The van der Waals surface area contributed by atoms with Crippen molar-refractivity contribution in [2.24, 2.45) is 4.99 Å². The molecule has 6 nitrogen and oxygen atoms in total. The van der Waals surface area contributed by atoms with E-state index < -0.39 is 11.1 Å². The molecule has 0 aliphatic carbocycles. The van der Waals surface area contributed by atoms with E-state index in [4.69, 9.17) is 4.99 Å². The molecule has 1 heterocycles. The molecule has 5 rings (SSSR count). The van der Waals surface area contributed by atoms with Crippen LogP contribution in [0.1, 0.15) is 44.4 Å². The summed E-state index contributed by atoms with van der Waals surface area (Å²) in [5.41, 5.74) is 3.65. The van der Waals surface area contributed by atoms with E-state index in [9.17, 15) is 15.7 Å². The maximum Gasteiger partial charge on any atom is 0.156 e. The fourth-order valence-corrected chi connectivity index (χ4v) is 4.62. The number of fused-ring (bicyclic) bond motifs is 1. The molecule has 0 saturated heterocycles. The highest BCUT2D eigenvalue weighted by Crippen LogP contribution is 2.43. The van der Waals surface area contributed by atoms with Crippen molar-refractivity contribution in [3.8, 4) is 12.1 Å². The highest BCUT2D eigenvalue weighted by molar-refractivity contribution is 6.14. The number of benzene rings is 4. The Bertz CT molecular complexity index is 1550. The van der Waals surface area contributed by atoms with E-state index in [0.717, 1.165) is 33.4 Å². The molecule has 4 aromatic carbocycles. The summed E-state index contributed by atoms with van der Waals surface area (Å²) in [6.07, 6.45) is 0. The second kappa shape index (κ2) is 8.78. The van der Waals surface area contributed by atoms with Crippen LogP contribution in [-0.4, -0.2) is 27.2 Å². The highest BCUT2D eigenvalue weighted by Gasteiger charge is 2.49. The van der Waals surface area contributed by atoms with Gasteiger partial charge in [-0.1, -0.05) is 24.3 Å². The van der Waals surface area contributed by atoms with Crippen molar-refractivity contribution < 1.29 is 5.21 Å². The van der Waals surface area contributed by atoms with Crippen LogP contribution in [0, 0.1) is 22.7 Å². The number of amidine groups is 1. The zero-order chi connectivity index (χ0) is 26.4. The highest BCUT2D eigenvalue weighted by atomic mass is 16.5. The van der Waals surface area contributed by atoms with Gasteiger partial charge < -0.3 is 4.90 Å². The van der Waals surface area contributed by atoms with Crippen LogP contribution in [0.15, 0.2) is 89.9 Å². The Morgan fingerprint density at radius 1 is 0.730 bits per heavy atom. The number of anilines is 3. The quantitative estimate of drug-likeness (QED) is 0.334. The van der Waals surface area contributed by atoms with Crippen molar-refractivity contribution in [2.45, 2.75) is 38.8 Å². The molecule has 4 aromatic rings. The minimum absolute atomic E-state index is 0.478. The van der Waals surface area contributed by atoms with Crippen LogP contribution in [0.2, 0.25) is 0 Å². The summed E-state index contributed by atoms with van der Waals surface area (Å²) < 4.78 is 0. The lowest BCUT2D eigenvalue weighted by atomic mass is 9.84. The lowest BCUT2D eigenvalue weighted by Gasteiger charge is -2.37. The Morgan fingerprint density at radius 2 is 1.24 bits per heavy atom. The van der Waals surface area contributed by atoms with Gasteiger partial charge in [0.1, 0.15) is 0 Å². The molecule has 0 aromatic heterocycles. The first-order valence-corrected chi connectivity index (χ1v) is 12.1. The van der Waals surface area contributed by atoms with Gasteiger partial charge in [0.25, 0.3) is 0 Å². The predicted octanol–water partition coefficient (Wildman–Crippen LogP) is 7.06. The molecule has 1 aliphatic heterocycles. The van der Waals surface area contributed by atoms with Crippen LogP contribution in [-0.2, 0) is 0 Å². The number of aliphatic imine (C=N–C) groups is 1. The Kier molecular flexibility index (Phi) is 5.71. The van der Waals surface area contributed by atoms with Gasteiger partial charge in [-0.25, -0.2) is 5.06 Å². The molecule has 1 N–H and O–H groups in total. The molecular formula is C31H27N5O. The minimum Gasteiger partial charge on any atom is -0.310 e. The molecule has 0 radical (unpaired) electrons. The van der Waals surface area contributed by atoms with Crippen molar-refractivity contribution in [3.63, 3.8) is 0 Å². The first-order chi connectivity index (χ1) is 17.7. The van der Waals surface area contributed by atoms with Gasteiger partial charge in [-0.15, -0.1) is 0 Å². The number of hydrogen-bond acceptors (Lipinski definition) is 6. The second-order valence-corrected chi connectivity index (χ2v) is 10.2. The van der Waals surface area contributed by atoms with E-state index in [2.05, 4.69) is 23.1 Å². The van der Waals surface area contributed by atoms with E-state index >= 15 is 0 Å². The van der Waals surface area contributed by atoms with Crippen molar-refractivity contribution in [1.29, 1.82) is 10.5 Å². The minimum atomic E-state index is -0.570. The SMILES string of the molecule is CC1(C)N=C(c2ccc(N(c3ccc(C#N)cc3)c3ccc(C#N)cc3)c3ccccc23)N(O)C1(C)C. The Hall–Kier alpha value is -4.65. The summed E-state index contributed by atoms with van der Waals surface area (Å²) in [5, 5.41) is 33.0. The van der Waals surface area contributed by atoms with Crippen LogP contribution >= 0.6 is 0 Å². The standard InChI is InChI=1S/C31H27N5O/c1-30(2)31(3,4)36(37)29(34-30)27-17-18-28(26-8-6-5-7-25(26)27)35(23-13-9-21(19-32)10-14-23)24-15-11-22(20-33)12-16-24/h5-18,37H,1-4H3. The van der Waals surface area contributed by atoms with E-state index in [1.165, 1.54) is 5.06 Å². The first kappa shape index (κ1) is 24.1. The third-order valence-corrected chi connectivity index (χ3v) is 7.50. The molecule has 0 bridgehead atoms. The number of nitriles is 2. The van der Waals surface area contributed by atoms with Crippen molar-refractivity contribution in [3.05, 3.63) is 102 Å². The van der Waals surface area contributed by atoms with Crippen LogP contribution in [0.25, 0.3) is 10.8 Å². The van der Waals surface area contributed by atoms with E-state index in [-0.39, 0.29) is 0 Å². The van der Waals surface area contributed by atoms with Gasteiger partial charge in [0.05, 0.1) is 40.0 Å². The molecule has 6 heteroatoms. The van der Waals surface area contributed by atoms with Crippen LogP contribution in [0.5, 0.6) is 0 Å². The normalized spacial score (nSPS) is 15.6. The van der Waals surface area contributed by atoms with Gasteiger partial charge in [-0.05, 0) is 93.7 Å². The Balaban J connectivity index is 1.73. The number of hydrogen-bond donors (Lipinski definition) is 1. The topological polar surface area (TPSA) is 86.7 Å². The molecule has 182 valence electrons. The second-order valence-electron chi connectivity index (χ2n) is 10.2. The lowest BCUT2D eigenvalue weighted by Crippen LogP contribution is -2.51. The number of nitrogens with zero attached hydrogens (tertiary/aromatic N) is 5. The van der Waals surface area contributed by atoms with Gasteiger partial charge in [0, 0.05) is 22.3 Å². The molecular weight excluding hydrogens is 458 g/mol. The Morgan fingerprint density at radius 3 is 1.70 bits per heavy atom. The molecule has 0 fully saturated rings. The zero-order valence-corrected chi connectivity index (χ0v) is 21.3. The van der Waals surface area contributed by atoms with Gasteiger partial charge in [-0.2, -0.15) is 10.5 Å². The molecule has 0 saturated carbocycles. The third kappa shape index (κ3) is 3.89. The van der Waals surface area contributed by atoms with Gasteiger partial charge >= 0.3 is 0 Å². The predicted molar refractivity (Wildman–Crippen MR) is 146 cm³/mol. The molecule has 0 spiro atoms. The average molecular weight is 486 g/mol. The summed E-state index contributed by atoms with van der Waals surface area (Å²) in [7, 11) is 0. The summed E-state index contributed by atoms with van der Waals surface area (Å²) in [4.78, 5) is 7.03. The maximum absolute atomic E-state index is 11.1. The summed E-state index contributed by atoms with van der Waals surface area (Å²) in [5.74, 6) is 0.543. The summed E-state index contributed by atoms with van der Waals surface area (Å²) in [6, 6.07) is 31.3. The van der Waals surface area contributed by atoms with Crippen LogP contribution in [0.4, 0.5) is 17.1 Å². The monoisotopic (exact) mass is 485 g/mol. The maximum atomic E-state index is 11.1. The zero-order valence-electron chi connectivity index (χ0n) is 21.3. The largest absolute Gasteiger partial charge is 0.310 e. The lowest BCUT2D eigenvalue weighted by molar-refractivity contribution is -0.0991. The van der Waals surface area contributed by atoms with Crippen molar-refractivity contribution in [2.75, 3.05) is 4.90 Å². The molecule has 0 amide bonds. The third-order valence-electron chi connectivity index (χ3n) is 7.50. The fraction of sp³-hybridized carbons (Fsp3) is 0.194. The number of rotatable bonds is 4. The fourth-order valence-electron chi connectivity index (χ4n) is 4.62. The van der Waals surface area contributed by atoms with Crippen LogP contribution in [0.3, 0.4) is 0 Å². The number of hydroxylamine groups is 2. The van der Waals surface area contributed by atoms with E-state index in [1.54, 1.807) is 24.3 Å². The summed E-state index contributed by atoms with van der Waals surface area (Å²) in [6.45, 7) is 8.02. The van der Waals surface area contributed by atoms with Crippen LogP contribution < -0.4 is 4.90 Å². The molecule has 0 atom stereocenters. The molecule has 37 heavy (non-hydrogen) atoms.